The highest BCUT2D eigenvalue weighted by molar-refractivity contribution is 9.10. The van der Waals surface area contributed by atoms with Crippen molar-refractivity contribution in [1.29, 1.82) is 0 Å². The molecule has 1 aromatic heterocycles. The van der Waals surface area contributed by atoms with E-state index in [-0.39, 0.29) is 0 Å². The van der Waals surface area contributed by atoms with E-state index in [1.165, 1.54) is 16.0 Å². The summed E-state index contributed by atoms with van der Waals surface area (Å²) >= 11 is 4.89. The quantitative estimate of drug-likeness (QED) is 0.783. The van der Waals surface area contributed by atoms with Crippen molar-refractivity contribution in [3.8, 4) is 0 Å². The van der Waals surface area contributed by atoms with E-state index >= 15 is 0 Å². The highest BCUT2D eigenvalue weighted by Gasteiger charge is 2.01. The fourth-order valence-electron chi connectivity index (χ4n) is 1.24. The van der Waals surface area contributed by atoms with E-state index in [4.69, 9.17) is 0 Å². The second kappa shape index (κ2) is 4.97. The third-order valence-corrected chi connectivity index (χ3v) is 3.58. The first-order valence-corrected chi connectivity index (χ1v) is 6.49. The molecule has 0 fully saturated rings. The largest absolute Gasteiger partial charge is 0.230 e. The maximum Gasteiger partial charge on any atom is 0.192 e. The molecule has 16 heavy (non-hydrogen) atoms. The van der Waals surface area contributed by atoms with Crippen molar-refractivity contribution in [2.75, 3.05) is 0 Å². The molecule has 0 saturated carbocycles. The summed E-state index contributed by atoms with van der Waals surface area (Å²) in [5.41, 5.74) is 2.60. The Kier molecular flexibility index (Phi) is 3.61. The Morgan fingerprint density at radius 1 is 1.06 bits per heavy atom. The van der Waals surface area contributed by atoms with Crippen molar-refractivity contribution in [2.24, 2.45) is 0 Å². The lowest BCUT2D eigenvalue weighted by molar-refractivity contribution is 0.958. The van der Waals surface area contributed by atoms with Gasteiger partial charge < -0.3 is 0 Å². The van der Waals surface area contributed by atoms with Gasteiger partial charge in [0.1, 0.15) is 0 Å². The maximum atomic E-state index is 4.23. The van der Waals surface area contributed by atoms with Gasteiger partial charge in [-0.25, -0.2) is 9.97 Å². The zero-order valence-electron chi connectivity index (χ0n) is 9.07. The molecule has 0 spiro atoms. The SMILES string of the molecule is Cc1ccc(Sc2ncc(Br)cn2)cc1C. The van der Waals surface area contributed by atoms with Gasteiger partial charge in [0, 0.05) is 17.3 Å². The molecule has 2 aromatic rings. The van der Waals surface area contributed by atoms with Crippen molar-refractivity contribution in [1.82, 2.24) is 9.97 Å². The Morgan fingerprint density at radius 2 is 1.75 bits per heavy atom. The summed E-state index contributed by atoms with van der Waals surface area (Å²) in [5.74, 6) is 0. The van der Waals surface area contributed by atoms with Crippen LogP contribution in [0.4, 0.5) is 0 Å². The summed E-state index contributed by atoms with van der Waals surface area (Å²) in [6.07, 6.45) is 3.52. The maximum absolute atomic E-state index is 4.23. The number of nitrogens with zero attached hydrogens (tertiary/aromatic N) is 2. The highest BCUT2D eigenvalue weighted by atomic mass is 79.9. The Bertz CT molecular complexity index is 497. The lowest BCUT2D eigenvalue weighted by Gasteiger charge is -2.03. The van der Waals surface area contributed by atoms with Crippen LogP contribution in [0.1, 0.15) is 11.1 Å². The molecule has 82 valence electrons. The molecule has 0 N–H and O–H groups in total. The van der Waals surface area contributed by atoms with Gasteiger partial charge in [0.2, 0.25) is 0 Å². The number of benzene rings is 1. The first kappa shape index (κ1) is 11.6. The molecule has 0 aliphatic carbocycles. The second-order valence-corrected chi connectivity index (χ2v) is 5.49. The fourth-order valence-corrected chi connectivity index (χ4v) is 2.23. The number of rotatable bonds is 2. The monoisotopic (exact) mass is 294 g/mol. The van der Waals surface area contributed by atoms with E-state index in [9.17, 15) is 0 Å². The predicted octanol–water partition coefficient (Wildman–Crippen LogP) is 4.01. The Hall–Kier alpha value is -0.870. The van der Waals surface area contributed by atoms with Crippen molar-refractivity contribution < 1.29 is 0 Å². The van der Waals surface area contributed by atoms with Crippen LogP contribution in [0.5, 0.6) is 0 Å². The number of hydrogen-bond acceptors (Lipinski definition) is 3. The van der Waals surface area contributed by atoms with Crippen LogP contribution >= 0.6 is 27.7 Å². The van der Waals surface area contributed by atoms with Crippen molar-refractivity contribution in [2.45, 2.75) is 23.9 Å². The van der Waals surface area contributed by atoms with Gasteiger partial charge in [0.05, 0.1) is 4.47 Å². The number of aromatic nitrogens is 2. The Morgan fingerprint density at radius 3 is 2.38 bits per heavy atom. The summed E-state index contributed by atoms with van der Waals surface area (Å²) in [6, 6.07) is 6.38. The minimum atomic E-state index is 0.770. The molecule has 0 unspecified atom stereocenters. The molecule has 0 bridgehead atoms. The van der Waals surface area contributed by atoms with Crippen molar-refractivity contribution in [3.63, 3.8) is 0 Å². The molecule has 2 rings (SSSR count). The zero-order chi connectivity index (χ0) is 11.5. The first-order valence-electron chi connectivity index (χ1n) is 4.88. The van der Waals surface area contributed by atoms with E-state index in [2.05, 4.69) is 57.9 Å². The van der Waals surface area contributed by atoms with Gasteiger partial charge >= 0.3 is 0 Å². The molecule has 1 heterocycles. The number of hydrogen-bond donors (Lipinski definition) is 0. The molecule has 0 saturated heterocycles. The third kappa shape index (κ3) is 2.83. The normalized spacial score (nSPS) is 10.4. The lowest BCUT2D eigenvalue weighted by atomic mass is 10.1. The van der Waals surface area contributed by atoms with Crippen LogP contribution in [0.3, 0.4) is 0 Å². The van der Waals surface area contributed by atoms with Crippen LogP contribution in [0.2, 0.25) is 0 Å². The van der Waals surface area contributed by atoms with Gasteiger partial charge in [0.25, 0.3) is 0 Å². The fraction of sp³-hybridized carbons (Fsp3) is 0.167. The molecule has 0 amide bonds. The van der Waals surface area contributed by atoms with Gasteiger partial charge in [-0.2, -0.15) is 0 Å². The van der Waals surface area contributed by atoms with E-state index < -0.39 is 0 Å². The molecule has 0 radical (unpaired) electrons. The topological polar surface area (TPSA) is 25.8 Å². The van der Waals surface area contributed by atoms with E-state index in [1.807, 2.05) is 0 Å². The van der Waals surface area contributed by atoms with Crippen LogP contribution in [0.15, 0.2) is 45.1 Å². The molecule has 0 aliphatic rings. The number of aryl methyl sites for hydroxylation is 2. The summed E-state index contributed by atoms with van der Waals surface area (Å²) in [4.78, 5) is 9.63. The summed E-state index contributed by atoms with van der Waals surface area (Å²) < 4.78 is 0.900. The van der Waals surface area contributed by atoms with E-state index in [0.29, 0.717) is 0 Å². The zero-order valence-corrected chi connectivity index (χ0v) is 11.5. The minimum Gasteiger partial charge on any atom is -0.230 e. The minimum absolute atomic E-state index is 0.770. The molecule has 4 heteroatoms. The van der Waals surface area contributed by atoms with Gasteiger partial charge in [-0.1, -0.05) is 6.07 Å². The Balaban J connectivity index is 2.20. The van der Waals surface area contributed by atoms with Crippen LogP contribution in [0.25, 0.3) is 0 Å². The first-order chi connectivity index (χ1) is 7.65. The molecule has 0 aliphatic heterocycles. The van der Waals surface area contributed by atoms with Gasteiger partial charge in [0.15, 0.2) is 5.16 Å². The van der Waals surface area contributed by atoms with Crippen LogP contribution < -0.4 is 0 Å². The number of halogens is 1. The van der Waals surface area contributed by atoms with Crippen LogP contribution in [-0.2, 0) is 0 Å². The van der Waals surface area contributed by atoms with E-state index in [1.54, 1.807) is 24.2 Å². The van der Waals surface area contributed by atoms with Crippen LogP contribution in [-0.4, -0.2) is 9.97 Å². The lowest BCUT2D eigenvalue weighted by Crippen LogP contribution is -1.86. The summed E-state index contributed by atoms with van der Waals surface area (Å²) in [6.45, 7) is 4.22. The van der Waals surface area contributed by atoms with Gasteiger partial charge in [-0.05, 0) is 64.8 Å². The van der Waals surface area contributed by atoms with Gasteiger partial charge in [-0.3, -0.25) is 0 Å². The molecule has 0 atom stereocenters. The average molecular weight is 295 g/mol. The highest BCUT2D eigenvalue weighted by Crippen LogP contribution is 2.26. The Labute approximate surface area is 108 Å². The van der Waals surface area contributed by atoms with Gasteiger partial charge in [-0.15, -0.1) is 0 Å². The molecule has 2 nitrogen and oxygen atoms in total. The van der Waals surface area contributed by atoms with E-state index in [0.717, 1.165) is 9.63 Å². The molecular weight excluding hydrogens is 284 g/mol. The molecule has 1 aromatic carbocycles. The van der Waals surface area contributed by atoms with Crippen LogP contribution in [0, 0.1) is 13.8 Å². The standard InChI is InChI=1S/C12H11BrN2S/c1-8-3-4-11(5-9(8)2)16-12-14-6-10(13)7-15-12/h3-7H,1-2H3. The van der Waals surface area contributed by atoms with Crippen molar-refractivity contribution >= 4 is 27.7 Å². The molecular formula is C12H11BrN2S. The smallest absolute Gasteiger partial charge is 0.192 e. The predicted molar refractivity (Wildman–Crippen MR) is 69.8 cm³/mol. The summed E-state index contributed by atoms with van der Waals surface area (Å²) in [7, 11) is 0. The average Bonchev–Trinajstić information content (AvgIpc) is 2.27. The van der Waals surface area contributed by atoms with Crippen molar-refractivity contribution in [3.05, 3.63) is 46.2 Å². The summed E-state index contributed by atoms with van der Waals surface area (Å²) in [5, 5.41) is 0.770. The second-order valence-electron chi connectivity index (χ2n) is 3.53. The third-order valence-electron chi connectivity index (χ3n) is 2.28.